The van der Waals surface area contributed by atoms with Crippen molar-refractivity contribution in [3.05, 3.63) is 18.2 Å². The molecule has 2 heterocycles. The van der Waals surface area contributed by atoms with Crippen LogP contribution in [0.3, 0.4) is 0 Å². The lowest BCUT2D eigenvalue weighted by Gasteiger charge is -2.41. The molecule has 2 N–H and O–H groups in total. The highest BCUT2D eigenvalue weighted by Gasteiger charge is 2.35. The van der Waals surface area contributed by atoms with Gasteiger partial charge in [0.1, 0.15) is 0 Å². The van der Waals surface area contributed by atoms with Crippen LogP contribution in [0.2, 0.25) is 0 Å². The molecule has 19 heavy (non-hydrogen) atoms. The van der Waals surface area contributed by atoms with E-state index in [9.17, 15) is 0 Å². The Morgan fingerprint density at radius 3 is 2.84 bits per heavy atom. The summed E-state index contributed by atoms with van der Waals surface area (Å²) in [5.74, 6) is 0. The molecule has 2 atom stereocenters. The Kier molecular flexibility index (Phi) is 4.63. The van der Waals surface area contributed by atoms with E-state index >= 15 is 0 Å². The molecule has 1 aromatic rings. The van der Waals surface area contributed by atoms with Crippen LogP contribution in [0, 0.1) is 0 Å². The number of ether oxygens (including phenoxy) is 1. The van der Waals surface area contributed by atoms with Crippen molar-refractivity contribution in [2.24, 2.45) is 5.73 Å². The normalized spacial score (nSPS) is 24.3. The van der Waals surface area contributed by atoms with Gasteiger partial charge >= 0.3 is 0 Å². The van der Waals surface area contributed by atoms with Crippen LogP contribution in [-0.2, 0) is 4.74 Å². The van der Waals surface area contributed by atoms with Crippen molar-refractivity contribution >= 4 is 0 Å². The van der Waals surface area contributed by atoms with Gasteiger partial charge in [-0.1, -0.05) is 20.8 Å². The molecule has 0 bridgehead atoms. The minimum Gasteiger partial charge on any atom is -0.375 e. The smallest absolute Gasteiger partial charge is 0.0951 e. The van der Waals surface area contributed by atoms with Crippen LogP contribution in [0.4, 0.5) is 0 Å². The van der Waals surface area contributed by atoms with E-state index in [0.29, 0.717) is 6.04 Å². The van der Waals surface area contributed by atoms with Crippen molar-refractivity contribution < 1.29 is 4.74 Å². The second-order valence-corrected chi connectivity index (χ2v) is 5.63. The van der Waals surface area contributed by atoms with Gasteiger partial charge in [0.05, 0.1) is 17.6 Å². The summed E-state index contributed by atoms with van der Waals surface area (Å²) in [7, 11) is 0. The highest BCUT2D eigenvalue weighted by atomic mass is 16.5. The van der Waals surface area contributed by atoms with Gasteiger partial charge in [0, 0.05) is 24.9 Å². The van der Waals surface area contributed by atoms with Gasteiger partial charge in [0.25, 0.3) is 0 Å². The maximum absolute atomic E-state index is 6.19. The van der Waals surface area contributed by atoms with Crippen molar-refractivity contribution in [1.82, 2.24) is 9.55 Å². The molecular formula is C15H27N3O. The highest BCUT2D eigenvalue weighted by Crippen LogP contribution is 2.38. The number of nitrogens with zero attached hydrogens (tertiary/aromatic N) is 2. The average molecular weight is 265 g/mol. The van der Waals surface area contributed by atoms with Crippen molar-refractivity contribution in [3.8, 4) is 0 Å². The first kappa shape index (κ1) is 14.5. The van der Waals surface area contributed by atoms with Crippen LogP contribution in [0.15, 0.2) is 12.5 Å². The lowest BCUT2D eigenvalue weighted by molar-refractivity contribution is -0.0990. The predicted octanol–water partition coefficient (Wildman–Crippen LogP) is 3.20. The first-order chi connectivity index (χ1) is 9.15. The molecule has 1 unspecified atom stereocenters. The van der Waals surface area contributed by atoms with E-state index < -0.39 is 0 Å². The molecule has 1 aliphatic heterocycles. The molecular weight excluding hydrogens is 238 g/mol. The summed E-state index contributed by atoms with van der Waals surface area (Å²) in [6.45, 7) is 7.40. The molecule has 4 heteroatoms. The van der Waals surface area contributed by atoms with Gasteiger partial charge in [0.15, 0.2) is 0 Å². The Labute approximate surface area is 116 Å². The zero-order chi connectivity index (χ0) is 13.9. The molecule has 0 radical (unpaired) electrons. The summed E-state index contributed by atoms with van der Waals surface area (Å²) in [5.41, 5.74) is 7.39. The maximum atomic E-state index is 6.19. The van der Waals surface area contributed by atoms with E-state index in [1.165, 1.54) is 0 Å². The van der Waals surface area contributed by atoms with Gasteiger partial charge in [-0.15, -0.1) is 0 Å². The third-order valence-electron chi connectivity index (χ3n) is 4.66. The fraction of sp³-hybridized carbons (Fsp3) is 0.800. The lowest BCUT2D eigenvalue weighted by Crippen LogP contribution is -2.40. The summed E-state index contributed by atoms with van der Waals surface area (Å²) in [6, 6.07) is 0.562. The predicted molar refractivity (Wildman–Crippen MR) is 77.0 cm³/mol. The lowest BCUT2D eigenvalue weighted by atomic mass is 9.85. The maximum Gasteiger partial charge on any atom is 0.0951 e. The number of aromatic nitrogens is 2. The van der Waals surface area contributed by atoms with E-state index in [0.717, 1.165) is 44.4 Å². The number of imidazole rings is 1. The second-order valence-electron chi connectivity index (χ2n) is 5.63. The first-order valence-corrected chi connectivity index (χ1v) is 7.57. The molecule has 0 aromatic carbocycles. The molecule has 1 aliphatic rings. The van der Waals surface area contributed by atoms with Crippen molar-refractivity contribution in [2.75, 3.05) is 6.61 Å². The molecule has 0 spiro atoms. The molecule has 1 saturated heterocycles. The van der Waals surface area contributed by atoms with E-state index in [1.54, 1.807) is 0 Å². The molecule has 1 fully saturated rings. The Bertz CT molecular complexity index is 398. The summed E-state index contributed by atoms with van der Waals surface area (Å²) in [6.07, 6.45) is 9.08. The molecule has 0 saturated carbocycles. The van der Waals surface area contributed by atoms with E-state index in [-0.39, 0.29) is 11.6 Å². The van der Waals surface area contributed by atoms with Gasteiger partial charge in [0.2, 0.25) is 0 Å². The van der Waals surface area contributed by atoms with Crippen molar-refractivity contribution in [2.45, 2.75) is 70.6 Å². The number of nitrogens with two attached hydrogens (primary N) is 1. The molecule has 2 rings (SSSR count). The third-order valence-corrected chi connectivity index (χ3v) is 4.66. The monoisotopic (exact) mass is 265 g/mol. The van der Waals surface area contributed by atoms with Crippen LogP contribution < -0.4 is 5.73 Å². The topological polar surface area (TPSA) is 53.1 Å². The van der Waals surface area contributed by atoms with E-state index in [2.05, 4.69) is 30.3 Å². The molecule has 0 amide bonds. The summed E-state index contributed by atoms with van der Waals surface area (Å²) >= 11 is 0. The van der Waals surface area contributed by atoms with Crippen LogP contribution in [0.25, 0.3) is 0 Å². The summed E-state index contributed by atoms with van der Waals surface area (Å²) in [4.78, 5) is 4.31. The second kappa shape index (κ2) is 6.06. The standard InChI is InChI=1S/C15H27N3O/c1-4-13(16)14-10-17-11-18(14)12-7-8-19-15(5-2,6-3)9-12/h10-13H,4-9,16H2,1-3H3/t12?,13-/m1/s1. The minimum atomic E-state index is 0.0424. The number of hydrogen-bond donors (Lipinski definition) is 1. The molecule has 108 valence electrons. The van der Waals surface area contributed by atoms with Crippen LogP contribution in [0.5, 0.6) is 0 Å². The van der Waals surface area contributed by atoms with Gasteiger partial charge in [-0.05, 0) is 32.1 Å². The third kappa shape index (κ3) is 2.84. The SMILES string of the molecule is CC[C@@H](N)c1cncn1C1CCOC(CC)(CC)C1. The fourth-order valence-electron chi connectivity index (χ4n) is 3.10. The van der Waals surface area contributed by atoms with Crippen LogP contribution in [0.1, 0.15) is 70.7 Å². The molecule has 4 nitrogen and oxygen atoms in total. The van der Waals surface area contributed by atoms with Crippen molar-refractivity contribution in [1.29, 1.82) is 0 Å². The van der Waals surface area contributed by atoms with Crippen molar-refractivity contribution in [3.63, 3.8) is 0 Å². The zero-order valence-electron chi connectivity index (χ0n) is 12.4. The number of rotatable bonds is 5. The van der Waals surface area contributed by atoms with Gasteiger partial charge in [-0.25, -0.2) is 4.98 Å². The van der Waals surface area contributed by atoms with Crippen LogP contribution >= 0.6 is 0 Å². The van der Waals surface area contributed by atoms with E-state index in [1.807, 2.05) is 12.5 Å². The Morgan fingerprint density at radius 1 is 1.47 bits per heavy atom. The Morgan fingerprint density at radius 2 is 2.21 bits per heavy atom. The summed E-state index contributed by atoms with van der Waals surface area (Å²) in [5, 5.41) is 0. The first-order valence-electron chi connectivity index (χ1n) is 7.57. The Hall–Kier alpha value is -0.870. The highest BCUT2D eigenvalue weighted by molar-refractivity contribution is 5.07. The number of hydrogen-bond acceptors (Lipinski definition) is 3. The minimum absolute atomic E-state index is 0.0424. The Balaban J connectivity index is 2.20. The largest absolute Gasteiger partial charge is 0.375 e. The van der Waals surface area contributed by atoms with E-state index in [4.69, 9.17) is 10.5 Å². The van der Waals surface area contributed by atoms with Gasteiger partial charge in [-0.2, -0.15) is 0 Å². The summed E-state index contributed by atoms with van der Waals surface area (Å²) < 4.78 is 8.34. The zero-order valence-corrected chi connectivity index (χ0v) is 12.4. The molecule has 1 aromatic heterocycles. The van der Waals surface area contributed by atoms with Crippen LogP contribution in [-0.4, -0.2) is 21.8 Å². The quantitative estimate of drug-likeness (QED) is 0.889. The molecule has 0 aliphatic carbocycles. The van der Waals surface area contributed by atoms with Gasteiger partial charge in [-0.3, -0.25) is 0 Å². The van der Waals surface area contributed by atoms with Gasteiger partial charge < -0.3 is 15.0 Å². The average Bonchev–Trinajstić information content (AvgIpc) is 2.96. The fourth-order valence-corrected chi connectivity index (χ4v) is 3.10.